The average molecular weight is 355 g/mol. The van der Waals surface area contributed by atoms with Gasteiger partial charge in [0.15, 0.2) is 0 Å². The first-order chi connectivity index (χ1) is 11.8. The molecule has 2 heterocycles. The maximum absolute atomic E-state index is 12.0. The van der Waals surface area contributed by atoms with Crippen LogP contribution in [0.1, 0.15) is 12.0 Å². The van der Waals surface area contributed by atoms with Gasteiger partial charge in [0.05, 0.1) is 0 Å². The zero-order valence-corrected chi connectivity index (χ0v) is 14.8. The van der Waals surface area contributed by atoms with Crippen molar-refractivity contribution in [3.05, 3.63) is 71.2 Å². The zero-order valence-electron chi connectivity index (χ0n) is 13.1. The molecule has 1 aromatic carbocycles. The number of carbonyl (C=O) groups is 1. The van der Waals surface area contributed by atoms with Crippen LogP contribution in [0.5, 0.6) is 0 Å². The second-order valence-corrected chi connectivity index (χ2v) is 7.23. The minimum atomic E-state index is 0.0689. The highest BCUT2D eigenvalue weighted by molar-refractivity contribution is 7.99. The molecule has 0 spiro atoms. The highest BCUT2D eigenvalue weighted by Crippen LogP contribution is 2.22. The van der Waals surface area contributed by atoms with Crippen molar-refractivity contribution in [1.82, 2.24) is 10.3 Å². The SMILES string of the molecule is O=C(CCSc1ccccc1)NCc1cncc(-c2ccsc2)c1. The molecule has 0 atom stereocenters. The van der Waals surface area contributed by atoms with Crippen molar-refractivity contribution in [2.45, 2.75) is 17.9 Å². The molecule has 0 unspecified atom stereocenters. The van der Waals surface area contributed by atoms with Gasteiger partial charge in [0.25, 0.3) is 0 Å². The van der Waals surface area contributed by atoms with E-state index < -0.39 is 0 Å². The predicted octanol–water partition coefficient (Wildman–Crippen LogP) is 4.61. The van der Waals surface area contributed by atoms with Gasteiger partial charge in [-0.05, 0) is 46.2 Å². The van der Waals surface area contributed by atoms with E-state index in [1.165, 1.54) is 10.5 Å². The third-order valence-electron chi connectivity index (χ3n) is 3.48. The second kappa shape index (κ2) is 8.66. The van der Waals surface area contributed by atoms with E-state index in [1.807, 2.05) is 29.8 Å². The number of nitrogens with one attached hydrogen (secondary N) is 1. The molecule has 0 radical (unpaired) electrons. The van der Waals surface area contributed by atoms with E-state index in [0.29, 0.717) is 13.0 Å². The summed E-state index contributed by atoms with van der Waals surface area (Å²) >= 11 is 3.37. The van der Waals surface area contributed by atoms with E-state index in [-0.39, 0.29) is 5.91 Å². The smallest absolute Gasteiger partial charge is 0.221 e. The number of thioether (sulfide) groups is 1. The van der Waals surface area contributed by atoms with Gasteiger partial charge in [0.2, 0.25) is 5.91 Å². The van der Waals surface area contributed by atoms with Gasteiger partial charge in [0, 0.05) is 41.6 Å². The van der Waals surface area contributed by atoms with Crippen LogP contribution in [-0.4, -0.2) is 16.6 Å². The lowest BCUT2D eigenvalue weighted by atomic mass is 10.1. The number of nitrogens with zero attached hydrogens (tertiary/aromatic N) is 1. The normalized spacial score (nSPS) is 10.5. The standard InChI is InChI=1S/C19H18N2OS2/c22-19(7-9-24-18-4-2-1-3-5-18)21-12-15-10-17(13-20-11-15)16-6-8-23-14-16/h1-6,8,10-11,13-14H,7,9,12H2,(H,21,22). The molecule has 0 aliphatic heterocycles. The Morgan fingerprint density at radius 2 is 2.00 bits per heavy atom. The fourth-order valence-corrected chi connectivity index (χ4v) is 3.78. The third-order valence-corrected chi connectivity index (χ3v) is 5.18. The molecular formula is C19H18N2OS2. The third kappa shape index (κ3) is 4.94. The summed E-state index contributed by atoms with van der Waals surface area (Å²) in [6, 6.07) is 14.3. The monoisotopic (exact) mass is 354 g/mol. The molecule has 1 N–H and O–H groups in total. The molecule has 5 heteroatoms. The first-order valence-corrected chi connectivity index (χ1v) is 9.65. The summed E-state index contributed by atoms with van der Waals surface area (Å²) in [4.78, 5) is 17.4. The molecule has 1 amide bonds. The number of carbonyl (C=O) groups excluding carboxylic acids is 1. The Kier molecular flexibility index (Phi) is 6.04. The highest BCUT2D eigenvalue weighted by atomic mass is 32.2. The number of rotatable bonds is 7. The van der Waals surface area contributed by atoms with Crippen LogP contribution < -0.4 is 5.32 Å². The number of pyridine rings is 1. The van der Waals surface area contributed by atoms with Crippen LogP contribution >= 0.6 is 23.1 Å². The lowest BCUT2D eigenvalue weighted by Crippen LogP contribution is -2.23. The number of aromatic nitrogens is 1. The molecule has 0 aliphatic carbocycles. The minimum Gasteiger partial charge on any atom is -0.352 e. The minimum absolute atomic E-state index is 0.0689. The van der Waals surface area contributed by atoms with Crippen LogP contribution in [0.25, 0.3) is 11.1 Å². The molecule has 122 valence electrons. The van der Waals surface area contributed by atoms with E-state index >= 15 is 0 Å². The van der Waals surface area contributed by atoms with Gasteiger partial charge in [-0.25, -0.2) is 0 Å². The maximum atomic E-state index is 12.0. The molecule has 3 aromatic rings. The van der Waals surface area contributed by atoms with Crippen LogP contribution in [0.4, 0.5) is 0 Å². The largest absolute Gasteiger partial charge is 0.352 e. The number of benzene rings is 1. The first kappa shape index (κ1) is 16.7. The lowest BCUT2D eigenvalue weighted by molar-refractivity contribution is -0.120. The Balaban J connectivity index is 1.45. The Bertz CT molecular complexity index is 773. The van der Waals surface area contributed by atoms with Gasteiger partial charge >= 0.3 is 0 Å². The molecule has 0 fully saturated rings. The van der Waals surface area contributed by atoms with Crippen LogP contribution in [0, 0.1) is 0 Å². The summed E-state index contributed by atoms with van der Waals surface area (Å²) in [5.41, 5.74) is 3.27. The van der Waals surface area contributed by atoms with Gasteiger partial charge in [0.1, 0.15) is 0 Å². The van der Waals surface area contributed by atoms with E-state index in [4.69, 9.17) is 0 Å². The van der Waals surface area contributed by atoms with E-state index in [1.54, 1.807) is 29.3 Å². The lowest BCUT2D eigenvalue weighted by Gasteiger charge is -2.06. The van der Waals surface area contributed by atoms with Crippen LogP contribution in [-0.2, 0) is 11.3 Å². The molecule has 0 saturated carbocycles. The van der Waals surface area contributed by atoms with Crippen LogP contribution in [0.15, 0.2) is 70.5 Å². The Morgan fingerprint density at radius 1 is 1.12 bits per heavy atom. The molecule has 3 rings (SSSR count). The van der Waals surface area contributed by atoms with Gasteiger partial charge < -0.3 is 5.32 Å². The number of hydrogen-bond acceptors (Lipinski definition) is 4. The highest BCUT2D eigenvalue weighted by Gasteiger charge is 2.04. The molecule has 0 bridgehead atoms. The van der Waals surface area contributed by atoms with Crippen LogP contribution in [0.2, 0.25) is 0 Å². The van der Waals surface area contributed by atoms with Gasteiger partial charge in [-0.3, -0.25) is 9.78 Å². The molecule has 24 heavy (non-hydrogen) atoms. The van der Waals surface area contributed by atoms with Crippen molar-refractivity contribution >= 4 is 29.0 Å². The Labute approximate surface area is 150 Å². The van der Waals surface area contributed by atoms with E-state index in [9.17, 15) is 4.79 Å². The summed E-state index contributed by atoms with van der Waals surface area (Å²) in [7, 11) is 0. The fraction of sp³-hybridized carbons (Fsp3) is 0.158. The van der Waals surface area contributed by atoms with Gasteiger partial charge in [-0.1, -0.05) is 18.2 Å². The quantitative estimate of drug-likeness (QED) is 0.630. The summed E-state index contributed by atoms with van der Waals surface area (Å²) in [6.07, 6.45) is 4.16. The molecule has 3 nitrogen and oxygen atoms in total. The Hall–Kier alpha value is -2.11. The van der Waals surface area contributed by atoms with Crippen molar-refractivity contribution in [3.63, 3.8) is 0 Å². The summed E-state index contributed by atoms with van der Waals surface area (Å²) in [5.74, 6) is 0.850. The van der Waals surface area contributed by atoms with Crippen molar-refractivity contribution in [2.24, 2.45) is 0 Å². The number of thiophene rings is 1. The maximum Gasteiger partial charge on any atom is 0.221 e. The van der Waals surface area contributed by atoms with Crippen molar-refractivity contribution in [1.29, 1.82) is 0 Å². The van der Waals surface area contributed by atoms with Crippen molar-refractivity contribution in [3.8, 4) is 11.1 Å². The summed E-state index contributed by atoms with van der Waals surface area (Å²) in [6.45, 7) is 0.514. The van der Waals surface area contributed by atoms with Crippen molar-refractivity contribution < 1.29 is 4.79 Å². The fourth-order valence-electron chi connectivity index (χ4n) is 2.24. The Morgan fingerprint density at radius 3 is 2.79 bits per heavy atom. The molecule has 0 aliphatic rings. The molecular weight excluding hydrogens is 336 g/mol. The van der Waals surface area contributed by atoms with Gasteiger partial charge in [-0.15, -0.1) is 11.8 Å². The number of amides is 1. The summed E-state index contributed by atoms with van der Waals surface area (Å²) in [5, 5.41) is 7.12. The summed E-state index contributed by atoms with van der Waals surface area (Å²) < 4.78 is 0. The first-order valence-electron chi connectivity index (χ1n) is 7.72. The second-order valence-electron chi connectivity index (χ2n) is 5.28. The number of hydrogen-bond donors (Lipinski definition) is 1. The van der Waals surface area contributed by atoms with E-state index in [2.05, 4.69) is 39.9 Å². The van der Waals surface area contributed by atoms with Gasteiger partial charge in [-0.2, -0.15) is 11.3 Å². The molecule has 2 aromatic heterocycles. The predicted molar refractivity (Wildman–Crippen MR) is 101 cm³/mol. The zero-order chi connectivity index (χ0) is 16.6. The van der Waals surface area contributed by atoms with Crippen LogP contribution in [0.3, 0.4) is 0 Å². The van der Waals surface area contributed by atoms with E-state index in [0.717, 1.165) is 16.9 Å². The molecule has 0 saturated heterocycles. The topological polar surface area (TPSA) is 42.0 Å². The average Bonchev–Trinajstić information content (AvgIpc) is 3.16. The van der Waals surface area contributed by atoms with Crippen molar-refractivity contribution in [2.75, 3.05) is 5.75 Å².